The van der Waals surface area contributed by atoms with Crippen molar-refractivity contribution in [3.63, 3.8) is 0 Å². The van der Waals surface area contributed by atoms with Gasteiger partial charge in [-0.3, -0.25) is 9.59 Å². The number of carbonyl (C=O) groups excluding carboxylic acids is 2. The van der Waals surface area contributed by atoms with Gasteiger partial charge in [0, 0.05) is 36.4 Å². The molecule has 0 aliphatic rings. The van der Waals surface area contributed by atoms with E-state index in [1.165, 1.54) is 38.5 Å². The first-order valence-electron chi connectivity index (χ1n) is 10.2. The van der Waals surface area contributed by atoms with Gasteiger partial charge in [0.1, 0.15) is 0 Å². The third kappa shape index (κ3) is 16.5. The maximum atomic E-state index is 11.9. The van der Waals surface area contributed by atoms with Crippen LogP contribution in [0.2, 0.25) is 0 Å². The molecule has 4 nitrogen and oxygen atoms in total. The van der Waals surface area contributed by atoms with Crippen molar-refractivity contribution in [2.75, 3.05) is 11.5 Å². The molecule has 2 atom stereocenters. The summed E-state index contributed by atoms with van der Waals surface area (Å²) in [5.74, 6) is 1.83. The molecule has 0 aromatic carbocycles. The monoisotopic (exact) mass is 372 g/mol. The van der Waals surface area contributed by atoms with Gasteiger partial charge in [-0.25, -0.2) is 0 Å². The summed E-state index contributed by atoms with van der Waals surface area (Å²) in [4.78, 5) is 23.7. The second kappa shape index (κ2) is 16.7. The van der Waals surface area contributed by atoms with Gasteiger partial charge in [-0.1, -0.05) is 52.4 Å². The smallest absolute Gasteiger partial charge is 0.221 e. The maximum absolute atomic E-state index is 11.9. The molecule has 2 amide bonds. The predicted octanol–water partition coefficient (Wildman–Crippen LogP) is 4.67. The van der Waals surface area contributed by atoms with Gasteiger partial charge >= 0.3 is 0 Å². The van der Waals surface area contributed by atoms with Crippen LogP contribution in [0, 0.1) is 0 Å². The molecule has 0 saturated heterocycles. The first kappa shape index (κ1) is 24.3. The lowest BCUT2D eigenvalue weighted by Crippen LogP contribution is -2.33. The summed E-state index contributed by atoms with van der Waals surface area (Å²) in [6, 6.07) is 0.535. The number of amides is 2. The van der Waals surface area contributed by atoms with Crippen molar-refractivity contribution in [3.05, 3.63) is 0 Å². The maximum Gasteiger partial charge on any atom is 0.221 e. The summed E-state index contributed by atoms with van der Waals surface area (Å²) in [5, 5.41) is 6.11. The minimum atomic E-state index is 0.130. The number of thioether (sulfide) groups is 1. The molecular weight excluding hydrogens is 332 g/mol. The Balaban J connectivity index is 3.57. The highest BCUT2D eigenvalue weighted by Gasteiger charge is 2.09. The highest BCUT2D eigenvalue weighted by atomic mass is 32.2. The molecule has 0 fully saturated rings. The lowest BCUT2D eigenvalue weighted by Gasteiger charge is -2.14. The molecule has 0 aromatic rings. The Bertz CT molecular complexity index is 319. The van der Waals surface area contributed by atoms with E-state index in [1.54, 1.807) is 11.8 Å². The molecule has 0 aliphatic heterocycles. The van der Waals surface area contributed by atoms with E-state index in [4.69, 9.17) is 0 Å². The third-order valence-electron chi connectivity index (χ3n) is 4.24. The molecule has 0 radical (unpaired) electrons. The highest BCUT2D eigenvalue weighted by Crippen LogP contribution is 2.07. The van der Waals surface area contributed by atoms with Crippen molar-refractivity contribution < 1.29 is 9.59 Å². The summed E-state index contributed by atoms with van der Waals surface area (Å²) >= 11 is 1.69. The summed E-state index contributed by atoms with van der Waals surface area (Å²) in [5.41, 5.74) is 0. The SMILES string of the molecule is CCCCC[C@@H](C)NC(=O)CCSCCC(=O)N[C@H](C)CCCCC. The largest absolute Gasteiger partial charge is 0.354 e. The first-order valence-corrected chi connectivity index (χ1v) is 11.3. The van der Waals surface area contributed by atoms with Crippen molar-refractivity contribution >= 4 is 23.6 Å². The van der Waals surface area contributed by atoms with Crippen molar-refractivity contribution in [3.8, 4) is 0 Å². The zero-order chi connectivity index (χ0) is 18.9. The van der Waals surface area contributed by atoms with Gasteiger partial charge in [0.25, 0.3) is 0 Å². The molecule has 0 saturated carbocycles. The highest BCUT2D eigenvalue weighted by molar-refractivity contribution is 7.99. The number of hydrogen-bond acceptors (Lipinski definition) is 3. The van der Waals surface area contributed by atoms with Crippen LogP contribution >= 0.6 is 11.8 Å². The lowest BCUT2D eigenvalue weighted by atomic mass is 10.1. The fourth-order valence-electron chi connectivity index (χ4n) is 2.67. The molecule has 2 N–H and O–H groups in total. The Labute approximate surface area is 159 Å². The van der Waals surface area contributed by atoms with Crippen LogP contribution in [0.3, 0.4) is 0 Å². The van der Waals surface area contributed by atoms with Crippen LogP contribution in [-0.4, -0.2) is 35.4 Å². The van der Waals surface area contributed by atoms with E-state index in [0.717, 1.165) is 24.3 Å². The molecule has 25 heavy (non-hydrogen) atoms. The van der Waals surface area contributed by atoms with Gasteiger partial charge in [0.2, 0.25) is 11.8 Å². The fraction of sp³-hybridized carbons (Fsp3) is 0.900. The first-order chi connectivity index (χ1) is 12.0. The summed E-state index contributed by atoms with van der Waals surface area (Å²) < 4.78 is 0. The van der Waals surface area contributed by atoms with Crippen LogP contribution in [0.25, 0.3) is 0 Å². The zero-order valence-electron chi connectivity index (χ0n) is 16.9. The van der Waals surface area contributed by atoms with Crippen molar-refractivity contribution in [2.45, 2.75) is 104 Å². The van der Waals surface area contributed by atoms with Gasteiger partial charge in [0.05, 0.1) is 0 Å². The number of hydrogen-bond donors (Lipinski definition) is 2. The van der Waals surface area contributed by atoms with Crippen molar-refractivity contribution in [1.29, 1.82) is 0 Å². The van der Waals surface area contributed by atoms with Crippen molar-refractivity contribution in [2.24, 2.45) is 0 Å². The van der Waals surface area contributed by atoms with E-state index < -0.39 is 0 Å². The third-order valence-corrected chi connectivity index (χ3v) is 5.23. The lowest BCUT2D eigenvalue weighted by molar-refractivity contribution is -0.122. The molecule has 0 unspecified atom stereocenters. The average Bonchev–Trinajstić information content (AvgIpc) is 2.54. The second-order valence-electron chi connectivity index (χ2n) is 7.04. The van der Waals surface area contributed by atoms with Crippen LogP contribution in [0.4, 0.5) is 0 Å². The van der Waals surface area contributed by atoms with E-state index in [1.807, 2.05) is 0 Å². The molecule has 0 bridgehead atoms. The van der Waals surface area contributed by atoms with E-state index >= 15 is 0 Å². The Morgan fingerprint density at radius 2 is 1.16 bits per heavy atom. The quantitative estimate of drug-likeness (QED) is 0.387. The minimum Gasteiger partial charge on any atom is -0.354 e. The summed E-state index contributed by atoms with van der Waals surface area (Å²) in [6.45, 7) is 8.53. The van der Waals surface area contributed by atoms with E-state index in [9.17, 15) is 9.59 Å². The number of unbranched alkanes of at least 4 members (excludes halogenated alkanes) is 4. The van der Waals surface area contributed by atoms with Crippen LogP contribution in [-0.2, 0) is 9.59 Å². The van der Waals surface area contributed by atoms with Gasteiger partial charge in [-0.05, 0) is 26.7 Å². The number of nitrogens with one attached hydrogen (secondary N) is 2. The molecule has 5 heteroatoms. The standard InChI is InChI=1S/C20H40N2O2S/c1-5-7-9-11-17(3)21-19(23)13-15-25-16-14-20(24)22-18(4)12-10-8-6-2/h17-18H,5-16H2,1-4H3,(H,21,23)(H,22,24)/t17-,18-/m1/s1. The molecule has 0 heterocycles. The van der Waals surface area contributed by atoms with E-state index in [2.05, 4.69) is 38.3 Å². The molecule has 0 aromatic heterocycles. The Kier molecular flexibility index (Phi) is 16.3. The van der Waals surface area contributed by atoms with Gasteiger partial charge in [-0.15, -0.1) is 0 Å². The van der Waals surface area contributed by atoms with Gasteiger partial charge in [-0.2, -0.15) is 11.8 Å². The van der Waals surface area contributed by atoms with Gasteiger partial charge < -0.3 is 10.6 Å². The van der Waals surface area contributed by atoms with Crippen LogP contribution in [0.5, 0.6) is 0 Å². The normalized spacial score (nSPS) is 13.3. The fourth-order valence-corrected chi connectivity index (χ4v) is 3.53. The molecule has 0 aliphatic carbocycles. The Morgan fingerprint density at radius 1 is 0.760 bits per heavy atom. The Hall–Kier alpha value is -0.710. The number of carbonyl (C=O) groups is 2. The van der Waals surface area contributed by atoms with E-state index in [0.29, 0.717) is 12.8 Å². The van der Waals surface area contributed by atoms with Crippen LogP contribution in [0.1, 0.15) is 91.9 Å². The second-order valence-corrected chi connectivity index (χ2v) is 8.27. The molecule has 0 spiro atoms. The number of rotatable bonds is 16. The predicted molar refractivity (Wildman–Crippen MR) is 110 cm³/mol. The molecule has 0 rings (SSSR count). The van der Waals surface area contributed by atoms with Crippen LogP contribution < -0.4 is 10.6 Å². The minimum absolute atomic E-state index is 0.130. The zero-order valence-corrected chi connectivity index (χ0v) is 17.7. The molecule has 148 valence electrons. The molecular formula is C20H40N2O2S. The van der Waals surface area contributed by atoms with Gasteiger partial charge in [0.15, 0.2) is 0 Å². The Morgan fingerprint density at radius 3 is 1.52 bits per heavy atom. The summed E-state index contributed by atoms with van der Waals surface area (Å²) in [7, 11) is 0. The average molecular weight is 373 g/mol. The topological polar surface area (TPSA) is 58.2 Å². The van der Waals surface area contributed by atoms with Crippen LogP contribution in [0.15, 0.2) is 0 Å². The van der Waals surface area contributed by atoms with Crippen molar-refractivity contribution in [1.82, 2.24) is 10.6 Å². The van der Waals surface area contributed by atoms with E-state index in [-0.39, 0.29) is 23.9 Å². The summed E-state index contributed by atoms with van der Waals surface area (Å²) in [6.07, 6.45) is 10.4.